The van der Waals surface area contributed by atoms with Gasteiger partial charge in [-0.25, -0.2) is 9.59 Å². The lowest BCUT2D eigenvalue weighted by atomic mass is 10.1. The van der Waals surface area contributed by atoms with Gasteiger partial charge in [0, 0.05) is 25.6 Å². The standard InChI is InChI=1S/C21H22N2O6/c1-14(24)23(16-8-6-7-15(13-16)20(26)28-2)12-11-19(25)22-18-10-5-4-9-17(18)21(27)29-3/h4-10,13H,11-12H2,1-3H3,(H,22,25). The molecule has 2 aromatic carbocycles. The second-order valence-electron chi connectivity index (χ2n) is 6.05. The molecule has 2 amide bonds. The molecule has 8 nitrogen and oxygen atoms in total. The van der Waals surface area contributed by atoms with E-state index in [-0.39, 0.29) is 30.3 Å². The zero-order valence-electron chi connectivity index (χ0n) is 16.4. The fourth-order valence-corrected chi connectivity index (χ4v) is 2.69. The molecule has 0 unspecified atom stereocenters. The largest absolute Gasteiger partial charge is 0.465 e. The first-order valence-electron chi connectivity index (χ1n) is 8.81. The number of hydrogen-bond donors (Lipinski definition) is 1. The first-order chi connectivity index (χ1) is 13.9. The molecule has 0 bridgehead atoms. The monoisotopic (exact) mass is 398 g/mol. The Kier molecular flexibility index (Phi) is 7.47. The van der Waals surface area contributed by atoms with Gasteiger partial charge in [0.05, 0.1) is 31.0 Å². The highest BCUT2D eigenvalue weighted by atomic mass is 16.5. The molecule has 0 heterocycles. The van der Waals surface area contributed by atoms with Crippen LogP contribution in [0.3, 0.4) is 0 Å². The van der Waals surface area contributed by atoms with E-state index in [1.807, 2.05) is 0 Å². The second-order valence-corrected chi connectivity index (χ2v) is 6.05. The van der Waals surface area contributed by atoms with Gasteiger partial charge in [0.2, 0.25) is 11.8 Å². The minimum absolute atomic E-state index is 0.0163. The van der Waals surface area contributed by atoms with E-state index in [0.717, 1.165) is 0 Å². The molecule has 2 aromatic rings. The van der Waals surface area contributed by atoms with Gasteiger partial charge in [-0.15, -0.1) is 0 Å². The Morgan fingerprint density at radius 3 is 2.28 bits per heavy atom. The third kappa shape index (κ3) is 5.65. The third-order valence-electron chi connectivity index (χ3n) is 4.13. The van der Waals surface area contributed by atoms with Crippen LogP contribution in [0.5, 0.6) is 0 Å². The number of ether oxygens (including phenoxy) is 2. The van der Waals surface area contributed by atoms with Crippen LogP contribution in [0.25, 0.3) is 0 Å². The number of nitrogens with zero attached hydrogens (tertiary/aromatic N) is 1. The van der Waals surface area contributed by atoms with Gasteiger partial charge >= 0.3 is 11.9 Å². The van der Waals surface area contributed by atoms with Gasteiger partial charge in [0.25, 0.3) is 0 Å². The molecule has 0 aliphatic carbocycles. The molecule has 0 aliphatic rings. The van der Waals surface area contributed by atoms with E-state index < -0.39 is 11.9 Å². The average molecular weight is 398 g/mol. The summed E-state index contributed by atoms with van der Waals surface area (Å²) < 4.78 is 9.40. The molecule has 0 aromatic heterocycles. The number of para-hydroxylation sites is 1. The van der Waals surface area contributed by atoms with Gasteiger partial charge in [-0.3, -0.25) is 9.59 Å². The van der Waals surface area contributed by atoms with Crippen molar-refractivity contribution in [2.45, 2.75) is 13.3 Å². The van der Waals surface area contributed by atoms with Crippen LogP contribution in [0.2, 0.25) is 0 Å². The van der Waals surface area contributed by atoms with Crippen LogP contribution in [0.4, 0.5) is 11.4 Å². The lowest BCUT2D eigenvalue weighted by Gasteiger charge is -2.21. The van der Waals surface area contributed by atoms with Gasteiger partial charge in [-0.05, 0) is 30.3 Å². The number of benzene rings is 2. The highest BCUT2D eigenvalue weighted by Crippen LogP contribution is 2.19. The van der Waals surface area contributed by atoms with E-state index in [1.54, 1.807) is 42.5 Å². The maximum Gasteiger partial charge on any atom is 0.339 e. The summed E-state index contributed by atoms with van der Waals surface area (Å²) in [7, 11) is 2.53. The molecule has 0 saturated heterocycles. The number of amides is 2. The normalized spacial score (nSPS) is 10.0. The highest BCUT2D eigenvalue weighted by molar-refractivity contribution is 6.02. The molecule has 0 fully saturated rings. The van der Waals surface area contributed by atoms with Crippen molar-refractivity contribution in [3.8, 4) is 0 Å². The summed E-state index contributed by atoms with van der Waals surface area (Å²) in [5.41, 5.74) is 1.33. The van der Waals surface area contributed by atoms with E-state index in [9.17, 15) is 19.2 Å². The van der Waals surface area contributed by atoms with Crippen LogP contribution in [0.1, 0.15) is 34.1 Å². The van der Waals surface area contributed by atoms with Crippen molar-refractivity contribution in [2.24, 2.45) is 0 Å². The molecule has 1 N–H and O–H groups in total. The number of carbonyl (C=O) groups is 4. The summed E-state index contributed by atoms with van der Waals surface area (Å²) in [6, 6.07) is 12.9. The summed E-state index contributed by atoms with van der Waals surface area (Å²) in [6.45, 7) is 1.46. The van der Waals surface area contributed by atoms with Crippen molar-refractivity contribution >= 4 is 35.1 Å². The van der Waals surface area contributed by atoms with Crippen molar-refractivity contribution in [2.75, 3.05) is 31.0 Å². The summed E-state index contributed by atoms with van der Waals surface area (Å²) in [5, 5.41) is 2.66. The first kappa shape index (κ1) is 21.6. The van der Waals surface area contributed by atoms with Gasteiger partial charge in [-0.2, -0.15) is 0 Å². The second kappa shape index (κ2) is 10.0. The maximum atomic E-state index is 12.4. The van der Waals surface area contributed by atoms with Crippen LogP contribution in [0, 0.1) is 0 Å². The summed E-state index contributed by atoms with van der Waals surface area (Å²) in [6.07, 6.45) is -0.0163. The molecule has 152 valence electrons. The average Bonchev–Trinajstić information content (AvgIpc) is 2.73. The number of nitrogens with one attached hydrogen (secondary N) is 1. The number of esters is 2. The van der Waals surface area contributed by atoms with Gasteiger partial charge in [0.15, 0.2) is 0 Å². The van der Waals surface area contributed by atoms with Gasteiger partial charge in [0.1, 0.15) is 0 Å². The molecule has 2 rings (SSSR count). The molecule has 0 aliphatic heterocycles. The molecule has 0 spiro atoms. The Morgan fingerprint density at radius 2 is 1.62 bits per heavy atom. The predicted molar refractivity (Wildman–Crippen MR) is 107 cm³/mol. The number of carbonyl (C=O) groups excluding carboxylic acids is 4. The fourth-order valence-electron chi connectivity index (χ4n) is 2.69. The van der Waals surface area contributed by atoms with Gasteiger partial charge < -0.3 is 19.7 Å². The number of hydrogen-bond acceptors (Lipinski definition) is 6. The van der Waals surface area contributed by atoms with E-state index >= 15 is 0 Å². The number of anilines is 2. The Hall–Kier alpha value is -3.68. The number of rotatable bonds is 7. The zero-order valence-corrected chi connectivity index (χ0v) is 16.4. The van der Waals surface area contributed by atoms with Crippen LogP contribution >= 0.6 is 0 Å². The Balaban J connectivity index is 2.10. The molecule has 0 radical (unpaired) electrons. The minimum atomic E-state index is -0.564. The number of methoxy groups -OCH3 is 2. The molecule has 29 heavy (non-hydrogen) atoms. The maximum absolute atomic E-state index is 12.4. The van der Waals surface area contributed by atoms with E-state index in [1.165, 1.54) is 32.1 Å². The fraction of sp³-hybridized carbons (Fsp3) is 0.238. The van der Waals surface area contributed by atoms with Crippen molar-refractivity contribution in [1.82, 2.24) is 0 Å². The summed E-state index contributed by atoms with van der Waals surface area (Å²) in [4.78, 5) is 49.3. The van der Waals surface area contributed by atoms with Crippen molar-refractivity contribution in [3.63, 3.8) is 0 Å². The summed E-state index contributed by atoms with van der Waals surface area (Å²) in [5.74, 6) is -1.75. The summed E-state index contributed by atoms with van der Waals surface area (Å²) >= 11 is 0. The Labute approximate surface area is 168 Å². The van der Waals surface area contributed by atoms with Crippen molar-refractivity contribution < 1.29 is 28.7 Å². The van der Waals surface area contributed by atoms with Crippen molar-refractivity contribution in [1.29, 1.82) is 0 Å². The quantitative estimate of drug-likeness (QED) is 0.720. The first-order valence-corrected chi connectivity index (χ1v) is 8.81. The lowest BCUT2D eigenvalue weighted by Crippen LogP contribution is -2.32. The molecular weight excluding hydrogens is 376 g/mol. The third-order valence-corrected chi connectivity index (χ3v) is 4.13. The lowest BCUT2D eigenvalue weighted by molar-refractivity contribution is -0.117. The van der Waals surface area contributed by atoms with Crippen LogP contribution in [-0.4, -0.2) is 44.5 Å². The molecule has 0 atom stereocenters. The smallest absolute Gasteiger partial charge is 0.339 e. The Bertz CT molecular complexity index is 925. The molecule has 0 saturated carbocycles. The molecular formula is C21H22N2O6. The van der Waals surface area contributed by atoms with E-state index in [4.69, 9.17) is 9.47 Å². The van der Waals surface area contributed by atoms with E-state index in [0.29, 0.717) is 16.9 Å². The highest BCUT2D eigenvalue weighted by Gasteiger charge is 2.17. The van der Waals surface area contributed by atoms with E-state index in [2.05, 4.69) is 5.32 Å². The zero-order chi connectivity index (χ0) is 21.4. The predicted octanol–water partition coefficient (Wildman–Crippen LogP) is 2.64. The van der Waals surface area contributed by atoms with Crippen LogP contribution in [-0.2, 0) is 19.1 Å². The topological polar surface area (TPSA) is 102 Å². The van der Waals surface area contributed by atoms with Crippen LogP contribution in [0.15, 0.2) is 48.5 Å². The SMILES string of the molecule is COC(=O)c1cccc(N(CCC(=O)Nc2ccccc2C(=O)OC)C(C)=O)c1. The Morgan fingerprint density at radius 1 is 0.931 bits per heavy atom. The minimum Gasteiger partial charge on any atom is -0.465 e. The molecule has 8 heteroatoms. The van der Waals surface area contributed by atoms with Gasteiger partial charge in [-0.1, -0.05) is 18.2 Å². The van der Waals surface area contributed by atoms with Crippen LogP contribution < -0.4 is 10.2 Å². The van der Waals surface area contributed by atoms with Crippen molar-refractivity contribution in [3.05, 3.63) is 59.7 Å².